The number of Topliss-reactive ketones (excluding diaryl/α,β-unsaturated/α-hetero) is 1. The molecule has 2 aromatic carbocycles. The Morgan fingerprint density at radius 3 is 2.35 bits per heavy atom. The fourth-order valence-corrected chi connectivity index (χ4v) is 4.03. The van der Waals surface area contributed by atoms with Crippen LogP contribution in [0.4, 0.5) is 0 Å². The maximum Gasteiger partial charge on any atom is 0.326 e. The third-order valence-corrected chi connectivity index (χ3v) is 5.82. The van der Waals surface area contributed by atoms with Crippen molar-refractivity contribution in [3.63, 3.8) is 0 Å². The van der Waals surface area contributed by atoms with Gasteiger partial charge >= 0.3 is 5.97 Å². The summed E-state index contributed by atoms with van der Waals surface area (Å²) in [5, 5.41) is 15.5. The lowest BCUT2D eigenvalue weighted by atomic mass is 9.92. The number of carboxylic acids is 1. The zero-order valence-electron chi connectivity index (χ0n) is 16.8. The van der Waals surface area contributed by atoms with Crippen molar-refractivity contribution in [2.45, 2.75) is 31.8 Å². The van der Waals surface area contributed by atoms with E-state index < -0.39 is 17.9 Å². The highest BCUT2D eigenvalue weighted by Gasteiger charge is 2.24. The van der Waals surface area contributed by atoms with Crippen molar-refractivity contribution in [3.8, 4) is 0 Å². The summed E-state index contributed by atoms with van der Waals surface area (Å²) in [7, 11) is 0. The van der Waals surface area contributed by atoms with Crippen molar-refractivity contribution in [1.82, 2.24) is 10.6 Å². The van der Waals surface area contributed by atoms with Gasteiger partial charge < -0.3 is 15.7 Å². The fraction of sp³-hybridized carbons (Fsp3) is 0.261. The number of carbonyl (C=O) groups is 3. The molecule has 1 amide bonds. The van der Waals surface area contributed by atoms with Crippen LogP contribution >= 0.6 is 23.2 Å². The molecule has 8 heteroatoms. The predicted octanol–water partition coefficient (Wildman–Crippen LogP) is 3.75. The van der Waals surface area contributed by atoms with Crippen LogP contribution in [0.15, 0.2) is 48.5 Å². The highest BCUT2D eigenvalue weighted by Crippen LogP contribution is 2.25. The maximum absolute atomic E-state index is 12.6. The second-order valence-electron chi connectivity index (χ2n) is 7.37. The third-order valence-electron chi connectivity index (χ3n) is 5.19. The van der Waals surface area contributed by atoms with E-state index >= 15 is 0 Å². The van der Waals surface area contributed by atoms with Gasteiger partial charge in [-0.2, -0.15) is 0 Å². The second-order valence-corrected chi connectivity index (χ2v) is 8.18. The summed E-state index contributed by atoms with van der Waals surface area (Å²) in [6.45, 7) is 2.19. The molecule has 0 spiro atoms. The first kappa shape index (κ1) is 23.0. The van der Waals surface area contributed by atoms with Gasteiger partial charge in [0.25, 0.3) is 5.91 Å². The van der Waals surface area contributed by atoms with Crippen molar-refractivity contribution in [3.05, 3.63) is 75.3 Å². The number of amides is 1. The van der Waals surface area contributed by atoms with Gasteiger partial charge in [-0.25, -0.2) is 4.79 Å². The molecule has 31 heavy (non-hydrogen) atoms. The zero-order valence-corrected chi connectivity index (χ0v) is 18.3. The molecule has 1 unspecified atom stereocenters. The lowest BCUT2D eigenvalue weighted by Gasteiger charge is -2.22. The molecular formula is C23H22Cl2N2O4. The largest absolute Gasteiger partial charge is 0.480 e. The molecule has 6 nitrogen and oxygen atoms in total. The number of nitrogens with one attached hydrogen (secondary N) is 2. The number of carboxylic acid groups (broad SMARTS) is 1. The number of ketones is 1. The molecule has 0 bridgehead atoms. The molecule has 162 valence electrons. The summed E-state index contributed by atoms with van der Waals surface area (Å²) in [6.07, 6.45) is 2.75. The minimum atomic E-state index is -1.16. The van der Waals surface area contributed by atoms with E-state index in [0.29, 0.717) is 13.0 Å². The first-order valence-corrected chi connectivity index (χ1v) is 10.5. The molecule has 1 aliphatic heterocycles. The monoisotopic (exact) mass is 460 g/mol. The fourth-order valence-electron chi connectivity index (χ4n) is 3.46. The van der Waals surface area contributed by atoms with Gasteiger partial charge in [0.05, 0.1) is 21.7 Å². The molecule has 3 rings (SSSR count). The number of hydrogen-bond donors (Lipinski definition) is 3. The van der Waals surface area contributed by atoms with Gasteiger partial charge in [-0.15, -0.1) is 0 Å². The third kappa shape index (κ3) is 5.73. The Bertz CT molecular complexity index is 1010. The van der Waals surface area contributed by atoms with E-state index in [0.717, 1.165) is 16.7 Å². The van der Waals surface area contributed by atoms with Crippen LogP contribution in [0, 0.1) is 0 Å². The standard InChI is InChI=1S/C23H22Cl2N2O4/c1-13(28)19-12-16(9-10-26-19)15-7-5-14(6-8-15)11-20(23(30)31)27-22(29)21-17(24)3-2-4-18(21)25/h2-9,19-20,26H,10-12H2,1H3,(H,27,29)(H,30,31)/t19?,20-/m0/s1. The SMILES string of the molecule is CC(=O)C1CC(c2ccc(C[C@H](NC(=O)c3c(Cl)cccc3Cl)C(=O)O)cc2)=CCN1. The van der Waals surface area contributed by atoms with E-state index in [1.54, 1.807) is 13.0 Å². The van der Waals surface area contributed by atoms with Gasteiger partial charge in [0.2, 0.25) is 0 Å². The molecular weight excluding hydrogens is 439 g/mol. The van der Waals surface area contributed by atoms with Gasteiger partial charge in [0, 0.05) is 13.0 Å². The summed E-state index contributed by atoms with van der Waals surface area (Å²) in [5.74, 6) is -1.71. The van der Waals surface area contributed by atoms with Crippen LogP contribution in [0.5, 0.6) is 0 Å². The number of aliphatic carboxylic acids is 1. The van der Waals surface area contributed by atoms with E-state index in [-0.39, 0.29) is 33.9 Å². The summed E-state index contributed by atoms with van der Waals surface area (Å²) in [5.41, 5.74) is 2.85. The molecule has 0 radical (unpaired) electrons. The van der Waals surface area contributed by atoms with E-state index in [1.165, 1.54) is 12.1 Å². The lowest BCUT2D eigenvalue weighted by Crippen LogP contribution is -2.42. The van der Waals surface area contributed by atoms with E-state index in [1.807, 2.05) is 30.3 Å². The van der Waals surface area contributed by atoms with Crippen LogP contribution in [0.1, 0.15) is 34.8 Å². The van der Waals surface area contributed by atoms with Crippen LogP contribution in [-0.4, -0.2) is 41.4 Å². The summed E-state index contributed by atoms with van der Waals surface area (Å²) in [4.78, 5) is 35.9. The lowest BCUT2D eigenvalue weighted by molar-refractivity contribution is -0.139. The Kier molecular flexibility index (Phi) is 7.49. The normalized spacial score (nSPS) is 16.9. The smallest absolute Gasteiger partial charge is 0.326 e. The summed E-state index contributed by atoms with van der Waals surface area (Å²) in [6, 6.07) is 10.7. The molecule has 1 heterocycles. The number of rotatable bonds is 7. The number of halogens is 2. The van der Waals surface area contributed by atoms with Crippen LogP contribution in [0.25, 0.3) is 5.57 Å². The average Bonchev–Trinajstić information content (AvgIpc) is 2.73. The zero-order chi connectivity index (χ0) is 22.5. The molecule has 3 N–H and O–H groups in total. The molecule has 2 atom stereocenters. The van der Waals surface area contributed by atoms with Crippen molar-refractivity contribution in [1.29, 1.82) is 0 Å². The first-order chi connectivity index (χ1) is 14.8. The molecule has 0 saturated heterocycles. The Hall–Kier alpha value is -2.67. The van der Waals surface area contributed by atoms with Gasteiger partial charge in [-0.1, -0.05) is 59.6 Å². The van der Waals surface area contributed by atoms with Gasteiger partial charge in [0.1, 0.15) is 11.8 Å². The Morgan fingerprint density at radius 2 is 1.77 bits per heavy atom. The minimum Gasteiger partial charge on any atom is -0.480 e. The van der Waals surface area contributed by atoms with Crippen LogP contribution in [0.2, 0.25) is 10.0 Å². The average molecular weight is 461 g/mol. The molecule has 0 aliphatic carbocycles. The molecule has 0 saturated carbocycles. The predicted molar refractivity (Wildman–Crippen MR) is 121 cm³/mol. The van der Waals surface area contributed by atoms with Crippen molar-refractivity contribution in [2.75, 3.05) is 6.54 Å². The highest BCUT2D eigenvalue weighted by molar-refractivity contribution is 6.39. The number of carbonyl (C=O) groups excluding carboxylic acids is 2. The van der Waals surface area contributed by atoms with Gasteiger partial charge in [0.15, 0.2) is 0 Å². The van der Waals surface area contributed by atoms with Crippen molar-refractivity contribution >= 4 is 46.4 Å². The molecule has 2 aromatic rings. The van der Waals surface area contributed by atoms with Gasteiger partial charge in [-0.3, -0.25) is 9.59 Å². The van der Waals surface area contributed by atoms with Crippen LogP contribution < -0.4 is 10.6 Å². The summed E-state index contributed by atoms with van der Waals surface area (Å²) < 4.78 is 0. The molecule has 0 fully saturated rings. The van der Waals surface area contributed by atoms with E-state index in [9.17, 15) is 19.5 Å². The van der Waals surface area contributed by atoms with Crippen molar-refractivity contribution < 1.29 is 19.5 Å². The van der Waals surface area contributed by atoms with E-state index in [4.69, 9.17) is 23.2 Å². The quantitative estimate of drug-likeness (QED) is 0.584. The Labute approximate surface area is 190 Å². The van der Waals surface area contributed by atoms with E-state index in [2.05, 4.69) is 10.6 Å². The highest BCUT2D eigenvalue weighted by atomic mass is 35.5. The first-order valence-electron chi connectivity index (χ1n) is 9.76. The Balaban J connectivity index is 1.71. The van der Waals surface area contributed by atoms with Crippen LogP contribution in [0.3, 0.4) is 0 Å². The van der Waals surface area contributed by atoms with Crippen molar-refractivity contribution in [2.24, 2.45) is 0 Å². The number of hydrogen-bond acceptors (Lipinski definition) is 4. The summed E-state index contributed by atoms with van der Waals surface area (Å²) >= 11 is 12.1. The van der Waals surface area contributed by atoms with Crippen LogP contribution in [-0.2, 0) is 16.0 Å². The number of benzene rings is 2. The minimum absolute atomic E-state index is 0.0466. The second kappa shape index (κ2) is 10.1. The molecule has 0 aromatic heterocycles. The maximum atomic E-state index is 12.6. The van der Waals surface area contributed by atoms with Gasteiger partial charge in [-0.05, 0) is 42.2 Å². The molecule has 1 aliphatic rings. The Morgan fingerprint density at radius 1 is 1.13 bits per heavy atom. The topological polar surface area (TPSA) is 95.5 Å².